The van der Waals surface area contributed by atoms with Crippen molar-refractivity contribution in [2.24, 2.45) is 0 Å². The smallest absolute Gasteiger partial charge is 0.326 e. The molecule has 1 aromatic heterocycles. The van der Waals surface area contributed by atoms with Crippen molar-refractivity contribution in [3.63, 3.8) is 0 Å². The molecule has 1 unspecified atom stereocenters. The standard InChI is InChI=1S/C13H18N2O3/c1-3-6-10(13(17)18)14-12(16)11-7-5-9-15(11)8-4-2/h3,5,7,9-10H,1,4,6,8H2,2H3,(H,14,16)(H,17,18). The fourth-order valence-corrected chi connectivity index (χ4v) is 1.68. The van der Waals surface area contributed by atoms with Crippen LogP contribution in [0.25, 0.3) is 0 Å². The number of amides is 1. The molecule has 0 bridgehead atoms. The van der Waals surface area contributed by atoms with Crippen LogP contribution in [0.3, 0.4) is 0 Å². The summed E-state index contributed by atoms with van der Waals surface area (Å²) in [5.41, 5.74) is 0.479. The fraction of sp³-hybridized carbons (Fsp3) is 0.385. The fourth-order valence-electron chi connectivity index (χ4n) is 1.68. The Morgan fingerprint density at radius 2 is 2.33 bits per heavy atom. The summed E-state index contributed by atoms with van der Waals surface area (Å²) < 4.78 is 1.81. The molecule has 0 aliphatic heterocycles. The number of aryl methyl sites for hydroxylation is 1. The lowest BCUT2D eigenvalue weighted by Crippen LogP contribution is -2.41. The maximum atomic E-state index is 12.0. The molecule has 0 saturated heterocycles. The van der Waals surface area contributed by atoms with Gasteiger partial charge in [0.1, 0.15) is 11.7 Å². The van der Waals surface area contributed by atoms with Crippen LogP contribution in [0.15, 0.2) is 31.0 Å². The molecule has 1 amide bonds. The number of nitrogens with one attached hydrogen (secondary N) is 1. The average Bonchev–Trinajstić information content (AvgIpc) is 2.77. The van der Waals surface area contributed by atoms with Crippen LogP contribution in [0.4, 0.5) is 0 Å². The van der Waals surface area contributed by atoms with E-state index < -0.39 is 12.0 Å². The summed E-state index contributed by atoms with van der Waals surface area (Å²) in [6.45, 7) is 6.22. The van der Waals surface area contributed by atoms with E-state index in [2.05, 4.69) is 11.9 Å². The molecule has 0 saturated carbocycles. The Morgan fingerprint density at radius 3 is 2.89 bits per heavy atom. The van der Waals surface area contributed by atoms with E-state index in [1.807, 2.05) is 17.7 Å². The zero-order valence-corrected chi connectivity index (χ0v) is 10.4. The zero-order valence-electron chi connectivity index (χ0n) is 10.4. The summed E-state index contributed by atoms with van der Waals surface area (Å²) in [5, 5.41) is 11.4. The molecular weight excluding hydrogens is 232 g/mol. The van der Waals surface area contributed by atoms with Gasteiger partial charge in [0.2, 0.25) is 0 Å². The van der Waals surface area contributed by atoms with Gasteiger partial charge in [-0.2, -0.15) is 0 Å². The van der Waals surface area contributed by atoms with Crippen LogP contribution < -0.4 is 5.32 Å². The van der Waals surface area contributed by atoms with Gasteiger partial charge >= 0.3 is 5.97 Å². The van der Waals surface area contributed by atoms with E-state index >= 15 is 0 Å². The summed E-state index contributed by atoms with van der Waals surface area (Å²) in [6, 6.07) is 2.52. The van der Waals surface area contributed by atoms with Crippen LogP contribution in [0.1, 0.15) is 30.3 Å². The minimum atomic E-state index is -1.06. The van der Waals surface area contributed by atoms with Crippen LogP contribution in [-0.4, -0.2) is 27.6 Å². The first-order valence-corrected chi connectivity index (χ1v) is 5.89. The van der Waals surface area contributed by atoms with Gasteiger partial charge in [-0.1, -0.05) is 13.0 Å². The molecule has 1 aromatic rings. The van der Waals surface area contributed by atoms with Crippen LogP contribution in [0.2, 0.25) is 0 Å². The SMILES string of the molecule is C=CCC(NC(=O)c1cccn1CCC)C(=O)O. The average molecular weight is 250 g/mol. The number of aromatic nitrogens is 1. The normalized spacial score (nSPS) is 11.8. The monoisotopic (exact) mass is 250 g/mol. The van der Waals surface area contributed by atoms with Crippen molar-refractivity contribution in [3.8, 4) is 0 Å². The molecular formula is C13H18N2O3. The highest BCUT2D eigenvalue weighted by molar-refractivity contribution is 5.95. The maximum Gasteiger partial charge on any atom is 0.326 e. The Morgan fingerprint density at radius 1 is 1.61 bits per heavy atom. The van der Waals surface area contributed by atoms with Crippen molar-refractivity contribution >= 4 is 11.9 Å². The number of hydrogen-bond donors (Lipinski definition) is 2. The molecule has 0 aliphatic rings. The molecule has 0 radical (unpaired) electrons. The van der Waals surface area contributed by atoms with E-state index in [0.29, 0.717) is 5.69 Å². The van der Waals surface area contributed by atoms with E-state index in [1.54, 1.807) is 12.1 Å². The van der Waals surface area contributed by atoms with Crippen LogP contribution in [0.5, 0.6) is 0 Å². The van der Waals surface area contributed by atoms with Crippen molar-refractivity contribution in [1.82, 2.24) is 9.88 Å². The Balaban J connectivity index is 2.76. The topological polar surface area (TPSA) is 71.3 Å². The van der Waals surface area contributed by atoms with Crippen LogP contribution in [0, 0.1) is 0 Å². The molecule has 0 spiro atoms. The second-order valence-electron chi connectivity index (χ2n) is 3.98. The van der Waals surface area contributed by atoms with Gasteiger partial charge in [-0.3, -0.25) is 4.79 Å². The van der Waals surface area contributed by atoms with Gasteiger partial charge in [-0.15, -0.1) is 6.58 Å². The van der Waals surface area contributed by atoms with Crippen molar-refractivity contribution in [1.29, 1.82) is 0 Å². The lowest BCUT2D eigenvalue weighted by atomic mass is 10.2. The Hall–Kier alpha value is -2.04. The molecule has 1 rings (SSSR count). The highest BCUT2D eigenvalue weighted by atomic mass is 16.4. The molecule has 1 atom stereocenters. The van der Waals surface area contributed by atoms with E-state index in [1.165, 1.54) is 6.08 Å². The highest BCUT2D eigenvalue weighted by Crippen LogP contribution is 2.05. The second kappa shape index (κ2) is 6.64. The largest absolute Gasteiger partial charge is 0.480 e. The lowest BCUT2D eigenvalue weighted by Gasteiger charge is -2.13. The van der Waals surface area contributed by atoms with E-state index in [0.717, 1.165) is 13.0 Å². The third-order valence-corrected chi connectivity index (χ3v) is 2.53. The third kappa shape index (κ3) is 3.48. The molecule has 5 nitrogen and oxygen atoms in total. The number of rotatable bonds is 7. The molecule has 0 aromatic carbocycles. The molecule has 0 fully saturated rings. The molecule has 98 valence electrons. The van der Waals surface area contributed by atoms with Crippen LogP contribution in [-0.2, 0) is 11.3 Å². The van der Waals surface area contributed by atoms with Gasteiger partial charge in [0.25, 0.3) is 5.91 Å². The molecule has 0 aliphatic carbocycles. The predicted molar refractivity (Wildman–Crippen MR) is 68.4 cm³/mol. The Kier molecular flexibility index (Phi) is 5.17. The Bertz CT molecular complexity index is 437. The molecule has 2 N–H and O–H groups in total. The number of aliphatic carboxylic acids is 1. The Labute approximate surface area is 106 Å². The van der Waals surface area contributed by atoms with Gasteiger partial charge in [0.15, 0.2) is 0 Å². The maximum absolute atomic E-state index is 12.0. The molecule has 5 heteroatoms. The van der Waals surface area contributed by atoms with Crippen molar-refractivity contribution < 1.29 is 14.7 Å². The van der Waals surface area contributed by atoms with E-state index in [-0.39, 0.29) is 12.3 Å². The van der Waals surface area contributed by atoms with E-state index in [9.17, 15) is 9.59 Å². The molecule has 18 heavy (non-hydrogen) atoms. The van der Waals surface area contributed by atoms with E-state index in [4.69, 9.17) is 5.11 Å². The number of carboxylic acids is 1. The minimum Gasteiger partial charge on any atom is -0.480 e. The first-order chi connectivity index (χ1) is 8.60. The van der Waals surface area contributed by atoms with Crippen molar-refractivity contribution in [2.45, 2.75) is 32.4 Å². The number of carbonyl (C=O) groups is 2. The second-order valence-corrected chi connectivity index (χ2v) is 3.98. The first-order valence-electron chi connectivity index (χ1n) is 5.89. The number of carboxylic acid groups (broad SMARTS) is 1. The minimum absolute atomic E-state index is 0.204. The quantitative estimate of drug-likeness (QED) is 0.723. The summed E-state index contributed by atoms with van der Waals surface area (Å²) in [6.07, 6.45) is 4.39. The van der Waals surface area contributed by atoms with Gasteiger partial charge in [0, 0.05) is 12.7 Å². The summed E-state index contributed by atoms with van der Waals surface area (Å²) >= 11 is 0. The predicted octanol–water partition coefficient (Wildman–Crippen LogP) is 1.66. The number of carbonyl (C=O) groups excluding carboxylic acids is 1. The van der Waals surface area contributed by atoms with Gasteiger partial charge in [-0.25, -0.2) is 4.79 Å². The third-order valence-electron chi connectivity index (χ3n) is 2.53. The molecule has 1 heterocycles. The lowest BCUT2D eigenvalue weighted by molar-refractivity contribution is -0.139. The summed E-state index contributed by atoms with van der Waals surface area (Å²) in [5.74, 6) is -1.43. The number of hydrogen-bond acceptors (Lipinski definition) is 2. The zero-order chi connectivity index (χ0) is 13.5. The van der Waals surface area contributed by atoms with Gasteiger partial charge < -0.3 is 15.0 Å². The van der Waals surface area contributed by atoms with Crippen molar-refractivity contribution in [3.05, 3.63) is 36.7 Å². The van der Waals surface area contributed by atoms with Gasteiger partial charge in [-0.05, 0) is 25.0 Å². The number of nitrogens with zero attached hydrogens (tertiary/aromatic N) is 1. The summed E-state index contributed by atoms with van der Waals surface area (Å²) in [7, 11) is 0. The summed E-state index contributed by atoms with van der Waals surface area (Å²) in [4.78, 5) is 22.9. The van der Waals surface area contributed by atoms with Crippen LogP contribution >= 0.6 is 0 Å². The van der Waals surface area contributed by atoms with Crippen molar-refractivity contribution in [2.75, 3.05) is 0 Å². The first kappa shape index (κ1) is 14.0. The highest BCUT2D eigenvalue weighted by Gasteiger charge is 2.20. The van der Waals surface area contributed by atoms with Gasteiger partial charge in [0.05, 0.1) is 0 Å².